The van der Waals surface area contributed by atoms with E-state index in [-0.39, 0.29) is 17.0 Å². The summed E-state index contributed by atoms with van der Waals surface area (Å²) in [6.07, 6.45) is 0.802. The fourth-order valence-corrected chi connectivity index (χ4v) is 2.59. The third-order valence-corrected chi connectivity index (χ3v) is 3.82. The Morgan fingerprint density at radius 2 is 2.13 bits per heavy atom. The number of nitrogens with zero attached hydrogens (tertiary/aromatic N) is 2. The molecule has 2 aliphatic heterocycles. The van der Waals surface area contributed by atoms with E-state index in [2.05, 4.69) is 15.4 Å². The molecule has 0 saturated carbocycles. The fourth-order valence-electron chi connectivity index (χ4n) is 2.59. The van der Waals surface area contributed by atoms with Gasteiger partial charge in [0.1, 0.15) is 6.26 Å². The standard InChI is InChI=1S/C16H16F3N3O/c1-22-7-4-11(5-8-22)13-3-2-12(10-14(13)16(17,18)19)15-21-20-6-9-23-15/h2-4,6,9-10,20H,5,7-8H2,1H3. The molecule has 0 unspecified atom stereocenters. The predicted octanol–water partition coefficient (Wildman–Crippen LogP) is 3.18. The Morgan fingerprint density at radius 1 is 1.30 bits per heavy atom. The number of rotatable bonds is 2. The van der Waals surface area contributed by atoms with Crippen molar-refractivity contribution in [3.63, 3.8) is 0 Å². The molecule has 1 aromatic carbocycles. The molecule has 3 rings (SSSR count). The summed E-state index contributed by atoms with van der Waals surface area (Å²) in [5.74, 6) is 0.113. The minimum absolute atomic E-state index is 0.113. The maximum Gasteiger partial charge on any atom is 0.417 e. The Labute approximate surface area is 131 Å². The second kappa shape index (κ2) is 6.08. The second-order valence-corrected chi connectivity index (χ2v) is 5.47. The summed E-state index contributed by atoms with van der Waals surface area (Å²) in [7, 11) is 1.94. The summed E-state index contributed by atoms with van der Waals surface area (Å²) in [4.78, 5) is 2.06. The van der Waals surface area contributed by atoms with Crippen LogP contribution >= 0.6 is 0 Å². The molecule has 2 aliphatic rings. The first-order valence-electron chi connectivity index (χ1n) is 7.19. The van der Waals surface area contributed by atoms with Gasteiger partial charge in [-0.05, 0) is 36.7 Å². The summed E-state index contributed by atoms with van der Waals surface area (Å²) < 4.78 is 45.6. The summed E-state index contributed by atoms with van der Waals surface area (Å²) in [5.41, 5.74) is 3.14. The first-order valence-corrected chi connectivity index (χ1v) is 7.19. The molecule has 122 valence electrons. The first-order chi connectivity index (χ1) is 10.9. The van der Waals surface area contributed by atoms with Crippen molar-refractivity contribution in [3.05, 3.63) is 53.4 Å². The molecule has 7 heteroatoms. The highest BCUT2D eigenvalue weighted by Gasteiger charge is 2.35. The predicted molar refractivity (Wildman–Crippen MR) is 81.4 cm³/mol. The molecule has 0 saturated heterocycles. The lowest BCUT2D eigenvalue weighted by Crippen LogP contribution is -2.24. The van der Waals surface area contributed by atoms with Gasteiger partial charge in [-0.1, -0.05) is 12.1 Å². The minimum Gasteiger partial charge on any atom is -0.443 e. The van der Waals surface area contributed by atoms with Crippen LogP contribution in [0.25, 0.3) is 5.57 Å². The van der Waals surface area contributed by atoms with Crippen LogP contribution in [0.1, 0.15) is 23.1 Å². The van der Waals surface area contributed by atoms with Gasteiger partial charge in [-0.3, -0.25) is 5.43 Å². The Bertz CT molecular complexity index is 692. The highest BCUT2D eigenvalue weighted by atomic mass is 19.4. The monoisotopic (exact) mass is 323 g/mol. The molecule has 4 nitrogen and oxygen atoms in total. The quantitative estimate of drug-likeness (QED) is 0.908. The Kier molecular flexibility index (Phi) is 4.12. The molecule has 1 N–H and O–H groups in total. The minimum atomic E-state index is -4.44. The number of ether oxygens (including phenoxy) is 1. The van der Waals surface area contributed by atoms with Crippen LogP contribution in [0.15, 0.2) is 41.8 Å². The lowest BCUT2D eigenvalue weighted by molar-refractivity contribution is -0.137. The average Bonchev–Trinajstić information content (AvgIpc) is 2.55. The van der Waals surface area contributed by atoms with Crippen LogP contribution in [0.5, 0.6) is 0 Å². The van der Waals surface area contributed by atoms with Gasteiger partial charge in [-0.15, -0.1) is 5.10 Å². The van der Waals surface area contributed by atoms with Crippen molar-refractivity contribution in [2.75, 3.05) is 20.1 Å². The number of hydrazone groups is 1. The highest BCUT2D eigenvalue weighted by Crippen LogP contribution is 2.37. The smallest absolute Gasteiger partial charge is 0.417 e. The Hall–Kier alpha value is -2.28. The van der Waals surface area contributed by atoms with Crippen molar-refractivity contribution in [2.24, 2.45) is 5.10 Å². The third kappa shape index (κ3) is 3.39. The van der Waals surface area contributed by atoms with E-state index >= 15 is 0 Å². The summed E-state index contributed by atoms with van der Waals surface area (Å²) in [6.45, 7) is 1.40. The van der Waals surface area contributed by atoms with Crippen LogP contribution < -0.4 is 5.43 Å². The molecule has 0 fully saturated rings. The maximum atomic E-state index is 13.5. The van der Waals surface area contributed by atoms with Gasteiger partial charge in [-0.2, -0.15) is 13.2 Å². The van der Waals surface area contributed by atoms with E-state index in [1.807, 2.05) is 13.1 Å². The highest BCUT2D eigenvalue weighted by molar-refractivity contribution is 5.95. The maximum absolute atomic E-state index is 13.5. The lowest BCUT2D eigenvalue weighted by Gasteiger charge is -2.24. The van der Waals surface area contributed by atoms with Crippen molar-refractivity contribution >= 4 is 11.5 Å². The van der Waals surface area contributed by atoms with Gasteiger partial charge in [-0.25, -0.2) is 0 Å². The largest absolute Gasteiger partial charge is 0.443 e. The molecule has 0 radical (unpaired) electrons. The molecule has 0 atom stereocenters. The van der Waals surface area contributed by atoms with Crippen molar-refractivity contribution < 1.29 is 17.9 Å². The molecule has 23 heavy (non-hydrogen) atoms. The molecule has 0 aliphatic carbocycles. The topological polar surface area (TPSA) is 36.9 Å². The summed E-state index contributed by atoms with van der Waals surface area (Å²) in [6, 6.07) is 4.19. The van der Waals surface area contributed by atoms with Gasteiger partial charge in [0, 0.05) is 18.7 Å². The van der Waals surface area contributed by atoms with Crippen LogP contribution in [-0.2, 0) is 10.9 Å². The number of halogens is 3. The number of nitrogens with one attached hydrogen (secondary N) is 1. The zero-order chi connectivity index (χ0) is 16.4. The van der Waals surface area contributed by atoms with E-state index in [4.69, 9.17) is 4.74 Å². The van der Waals surface area contributed by atoms with Gasteiger partial charge < -0.3 is 9.64 Å². The molecule has 1 aromatic rings. The van der Waals surface area contributed by atoms with Crippen LogP contribution in [0.2, 0.25) is 0 Å². The number of hydrogen-bond donors (Lipinski definition) is 1. The number of hydrogen-bond acceptors (Lipinski definition) is 4. The van der Waals surface area contributed by atoms with Crippen molar-refractivity contribution in [1.29, 1.82) is 0 Å². The molecule has 0 aromatic heterocycles. The van der Waals surface area contributed by atoms with Crippen LogP contribution in [0, 0.1) is 0 Å². The second-order valence-electron chi connectivity index (χ2n) is 5.47. The normalized spacial score (nSPS) is 18.8. The number of benzene rings is 1. The summed E-state index contributed by atoms with van der Waals surface area (Å²) in [5, 5.41) is 3.84. The average molecular weight is 323 g/mol. The van der Waals surface area contributed by atoms with Gasteiger partial charge >= 0.3 is 6.18 Å². The van der Waals surface area contributed by atoms with E-state index in [1.165, 1.54) is 18.5 Å². The van der Waals surface area contributed by atoms with Crippen molar-refractivity contribution in [3.8, 4) is 0 Å². The van der Waals surface area contributed by atoms with E-state index in [9.17, 15) is 13.2 Å². The number of alkyl halides is 3. The van der Waals surface area contributed by atoms with Gasteiger partial charge in [0.05, 0.1) is 11.8 Å². The first kappa shape index (κ1) is 15.6. The van der Waals surface area contributed by atoms with Gasteiger partial charge in [0.15, 0.2) is 0 Å². The van der Waals surface area contributed by atoms with E-state index in [0.717, 1.165) is 18.2 Å². The van der Waals surface area contributed by atoms with E-state index < -0.39 is 11.7 Å². The van der Waals surface area contributed by atoms with Crippen LogP contribution in [0.3, 0.4) is 0 Å². The number of likely N-dealkylation sites (N-methyl/N-ethyl adjacent to an activating group) is 1. The van der Waals surface area contributed by atoms with Crippen molar-refractivity contribution in [2.45, 2.75) is 12.6 Å². The van der Waals surface area contributed by atoms with Crippen LogP contribution in [-0.4, -0.2) is 30.9 Å². The molecular formula is C16H16F3N3O. The zero-order valence-electron chi connectivity index (χ0n) is 12.5. The Balaban J connectivity index is 2.01. The van der Waals surface area contributed by atoms with E-state index in [1.54, 1.807) is 6.07 Å². The lowest BCUT2D eigenvalue weighted by atomic mass is 9.93. The van der Waals surface area contributed by atoms with Crippen molar-refractivity contribution in [1.82, 2.24) is 10.3 Å². The molecular weight excluding hydrogens is 307 g/mol. The Morgan fingerprint density at radius 3 is 2.74 bits per heavy atom. The van der Waals surface area contributed by atoms with Crippen LogP contribution in [0.4, 0.5) is 13.2 Å². The fraction of sp³-hybridized carbons (Fsp3) is 0.312. The third-order valence-electron chi connectivity index (χ3n) is 3.82. The van der Waals surface area contributed by atoms with Gasteiger partial charge in [0.2, 0.25) is 5.90 Å². The molecule has 2 heterocycles. The van der Waals surface area contributed by atoms with E-state index in [0.29, 0.717) is 13.0 Å². The molecule has 0 amide bonds. The SMILES string of the molecule is CN1CC=C(c2ccc(C3=NNC=CO3)cc2C(F)(F)F)CC1. The van der Waals surface area contributed by atoms with Gasteiger partial charge in [0.25, 0.3) is 0 Å². The molecule has 0 spiro atoms. The summed E-state index contributed by atoms with van der Waals surface area (Å²) >= 11 is 0. The molecule has 0 bridgehead atoms. The zero-order valence-corrected chi connectivity index (χ0v) is 12.5.